The van der Waals surface area contributed by atoms with Gasteiger partial charge in [-0.05, 0) is 20.0 Å². The van der Waals surface area contributed by atoms with Crippen LogP contribution in [0.2, 0.25) is 0 Å². The summed E-state index contributed by atoms with van der Waals surface area (Å²) < 4.78 is 10.7. The van der Waals surface area contributed by atoms with Crippen LogP contribution in [0.4, 0.5) is 0 Å². The van der Waals surface area contributed by atoms with E-state index in [1.165, 1.54) is 0 Å². The maximum atomic E-state index is 5.47. The molecule has 0 bridgehead atoms. The third-order valence-corrected chi connectivity index (χ3v) is 3.79. The molecule has 0 amide bonds. The second-order valence-electron chi connectivity index (χ2n) is 5.25. The number of rotatable bonds is 5. The van der Waals surface area contributed by atoms with E-state index in [0.29, 0.717) is 0 Å². The van der Waals surface area contributed by atoms with Gasteiger partial charge >= 0.3 is 0 Å². The molecule has 1 fully saturated rings. The van der Waals surface area contributed by atoms with E-state index in [2.05, 4.69) is 35.4 Å². The van der Waals surface area contributed by atoms with E-state index in [4.69, 9.17) is 9.47 Å². The monoisotopic (exact) mass is 279 g/mol. The average molecular weight is 279 g/mol. The number of hydrazine groups is 1. The molecule has 1 unspecified atom stereocenters. The zero-order valence-electron chi connectivity index (χ0n) is 12.8. The topological polar surface area (TPSA) is 37.0 Å². The normalized spacial score (nSPS) is 18.8. The smallest absolute Gasteiger partial charge is 0.127 e. The SMILES string of the molecule is COc1ccc(C(C)NN2CCN(C)CC2)c(OC)c1. The fourth-order valence-corrected chi connectivity index (χ4v) is 2.46. The Hall–Kier alpha value is -1.30. The Kier molecular flexibility index (Phi) is 5.23. The van der Waals surface area contributed by atoms with Crippen molar-refractivity contribution >= 4 is 0 Å². The molecule has 0 saturated carbocycles. The average Bonchev–Trinajstić information content (AvgIpc) is 2.48. The van der Waals surface area contributed by atoms with E-state index in [1.807, 2.05) is 12.1 Å². The van der Waals surface area contributed by atoms with Crippen molar-refractivity contribution in [2.75, 3.05) is 47.4 Å². The predicted molar refractivity (Wildman–Crippen MR) is 80.2 cm³/mol. The molecule has 5 heteroatoms. The van der Waals surface area contributed by atoms with Crippen molar-refractivity contribution in [1.82, 2.24) is 15.3 Å². The van der Waals surface area contributed by atoms with Gasteiger partial charge < -0.3 is 14.4 Å². The molecule has 20 heavy (non-hydrogen) atoms. The van der Waals surface area contributed by atoms with Crippen molar-refractivity contribution in [2.45, 2.75) is 13.0 Å². The highest BCUT2D eigenvalue weighted by atomic mass is 16.5. The van der Waals surface area contributed by atoms with Gasteiger partial charge in [0.2, 0.25) is 0 Å². The Balaban J connectivity index is 2.03. The molecule has 1 heterocycles. The maximum Gasteiger partial charge on any atom is 0.127 e. The molecule has 2 rings (SSSR count). The fourth-order valence-electron chi connectivity index (χ4n) is 2.46. The molecule has 1 N–H and O–H groups in total. The van der Waals surface area contributed by atoms with Crippen molar-refractivity contribution < 1.29 is 9.47 Å². The van der Waals surface area contributed by atoms with Crippen molar-refractivity contribution in [1.29, 1.82) is 0 Å². The van der Waals surface area contributed by atoms with E-state index < -0.39 is 0 Å². The van der Waals surface area contributed by atoms with Crippen LogP contribution in [-0.4, -0.2) is 57.4 Å². The Morgan fingerprint density at radius 2 is 1.80 bits per heavy atom. The molecule has 5 nitrogen and oxygen atoms in total. The van der Waals surface area contributed by atoms with E-state index >= 15 is 0 Å². The molecule has 1 aromatic carbocycles. The fraction of sp³-hybridized carbons (Fsp3) is 0.600. The van der Waals surface area contributed by atoms with Crippen LogP contribution < -0.4 is 14.9 Å². The molecule has 1 aliphatic rings. The van der Waals surface area contributed by atoms with Gasteiger partial charge in [0.1, 0.15) is 11.5 Å². The summed E-state index contributed by atoms with van der Waals surface area (Å²) in [6.07, 6.45) is 0. The molecular formula is C15H25N3O2. The lowest BCUT2D eigenvalue weighted by Crippen LogP contribution is -2.51. The minimum Gasteiger partial charge on any atom is -0.497 e. The Morgan fingerprint density at radius 3 is 2.40 bits per heavy atom. The van der Waals surface area contributed by atoms with Crippen LogP contribution in [0.1, 0.15) is 18.5 Å². The van der Waals surface area contributed by atoms with Gasteiger partial charge in [0, 0.05) is 43.9 Å². The molecule has 0 aromatic heterocycles. The molecule has 1 aliphatic heterocycles. The standard InChI is InChI=1S/C15H25N3O2/c1-12(16-18-9-7-17(2)8-10-18)14-6-5-13(19-3)11-15(14)20-4/h5-6,11-12,16H,7-10H2,1-4H3. The first kappa shape index (κ1) is 15.1. The summed E-state index contributed by atoms with van der Waals surface area (Å²) in [5, 5.41) is 2.29. The summed E-state index contributed by atoms with van der Waals surface area (Å²) in [5.74, 6) is 1.68. The molecule has 0 radical (unpaired) electrons. The third-order valence-electron chi connectivity index (χ3n) is 3.79. The van der Waals surface area contributed by atoms with E-state index in [9.17, 15) is 0 Å². The zero-order chi connectivity index (χ0) is 14.5. The van der Waals surface area contributed by atoms with Crippen LogP contribution >= 0.6 is 0 Å². The summed E-state index contributed by atoms with van der Waals surface area (Å²) in [4.78, 5) is 2.34. The highest BCUT2D eigenvalue weighted by molar-refractivity contribution is 5.42. The van der Waals surface area contributed by atoms with Crippen LogP contribution in [0.25, 0.3) is 0 Å². The number of benzene rings is 1. The Morgan fingerprint density at radius 1 is 1.10 bits per heavy atom. The molecule has 1 atom stereocenters. The van der Waals surface area contributed by atoms with Crippen molar-refractivity contribution in [3.63, 3.8) is 0 Å². The maximum absolute atomic E-state index is 5.47. The Bertz CT molecular complexity index is 431. The van der Waals surface area contributed by atoms with E-state index in [0.717, 1.165) is 43.2 Å². The first-order valence-corrected chi connectivity index (χ1v) is 7.05. The van der Waals surface area contributed by atoms with Crippen LogP contribution in [0.5, 0.6) is 11.5 Å². The van der Waals surface area contributed by atoms with Crippen molar-refractivity contribution in [3.8, 4) is 11.5 Å². The number of hydrogen-bond acceptors (Lipinski definition) is 5. The second kappa shape index (κ2) is 6.92. The van der Waals surface area contributed by atoms with Gasteiger partial charge in [-0.15, -0.1) is 0 Å². The van der Waals surface area contributed by atoms with Gasteiger partial charge in [-0.1, -0.05) is 6.07 Å². The summed E-state index contributed by atoms with van der Waals surface area (Å²) in [6, 6.07) is 6.17. The number of nitrogens with zero attached hydrogens (tertiary/aromatic N) is 2. The molecular weight excluding hydrogens is 254 g/mol. The summed E-state index contributed by atoms with van der Waals surface area (Å²) >= 11 is 0. The quantitative estimate of drug-likeness (QED) is 0.884. The first-order chi connectivity index (χ1) is 9.63. The van der Waals surface area contributed by atoms with E-state index in [-0.39, 0.29) is 6.04 Å². The number of piperazine rings is 1. The minimum absolute atomic E-state index is 0.208. The van der Waals surface area contributed by atoms with Crippen molar-refractivity contribution in [2.24, 2.45) is 0 Å². The zero-order valence-corrected chi connectivity index (χ0v) is 12.8. The van der Waals surface area contributed by atoms with Crippen LogP contribution in [-0.2, 0) is 0 Å². The van der Waals surface area contributed by atoms with Crippen LogP contribution in [0.3, 0.4) is 0 Å². The second-order valence-corrected chi connectivity index (χ2v) is 5.25. The summed E-state index contributed by atoms with van der Waals surface area (Å²) in [7, 11) is 5.52. The predicted octanol–water partition coefficient (Wildman–Crippen LogP) is 1.52. The molecule has 112 valence electrons. The lowest BCUT2D eigenvalue weighted by molar-refractivity contribution is 0.0894. The number of hydrogen-bond donors (Lipinski definition) is 1. The molecule has 0 spiro atoms. The first-order valence-electron chi connectivity index (χ1n) is 7.05. The van der Waals surface area contributed by atoms with Crippen LogP contribution in [0, 0.1) is 0 Å². The largest absolute Gasteiger partial charge is 0.497 e. The van der Waals surface area contributed by atoms with Gasteiger partial charge in [0.15, 0.2) is 0 Å². The molecule has 1 aromatic rings. The number of ether oxygens (including phenoxy) is 2. The Labute approximate surface area is 121 Å². The lowest BCUT2D eigenvalue weighted by atomic mass is 10.1. The highest BCUT2D eigenvalue weighted by Crippen LogP contribution is 2.29. The van der Waals surface area contributed by atoms with Crippen LogP contribution in [0.15, 0.2) is 18.2 Å². The third kappa shape index (κ3) is 3.62. The van der Waals surface area contributed by atoms with Gasteiger partial charge in [-0.3, -0.25) is 0 Å². The van der Waals surface area contributed by atoms with Gasteiger partial charge in [-0.25, -0.2) is 10.4 Å². The molecule has 1 saturated heterocycles. The van der Waals surface area contributed by atoms with Gasteiger partial charge in [-0.2, -0.15) is 0 Å². The summed E-state index contributed by atoms with van der Waals surface area (Å²) in [6.45, 7) is 6.43. The number of nitrogens with one attached hydrogen (secondary N) is 1. The number of methoxy groups -OCH3 is 2. The van der Waals surface area contributed by atoms with Gasteiger partial charge in [0.05, 0.1) is 14.2 Å². The van der Waals surface area contributed by atoms with Crippen molar-refractivity contribution in [3.05, 3.63) is 23.8 Å². The highest BCUT2D eigenvalue weighted by Gasteiger charge is 2.18. The van der Waals surface area contributed by atoms with Gasteiger partial charge in [0.25, 0.3) is 0 Å². The lowest BCUT2D eigenvalue weighted by Gasteiger charge is -2.35. The number of likely N-dealkylation sites (N-methyl/N-ethyl adjacent to an activating group) is 1. The summed E-state index contributed by atoms with van der Waals surface area (Å²) in [5.41, 5.74) is 4.70. The molecule has 0 aliphatic carbocycles. The minimum atomic E-state index is 0.208. The van der Waals surface area contributed by atoms with E-state index in [1.54, 1.807) is 14.2 Å².